The van der Waals surface area contributed by atoms with Crippen LogP contribution in [0.3, 0.4) is 0 Å². The number of nitrogens with one attached hydrogen (secondary N) is 1. The van der Waals surface area contributed by atoms with Crippen molar-refractivity contribution in [1.82, 2.24) is 19.7 Å². The van der Waals surface area contributed by atoms with Crippen molar-refractivity contribution in [2.24, 2.45) is 5.73 Å². The van der Waals surface area contributed by atoms with Crippen molar-refractivity contribution in [2.75, 3.05) is 5.73 Å². The summed E-state index contributed by atoms with van der Waals surface area (Å²) < 4.78 is 36.4. The minimum absolute atomic E-state index is 0.0199. The molecule has 0 amide bonds. The Hall–Kier alpha value is -4.93. The first-order valence-corrected chi connectivity index (χ1v) is 10.8. The van der Waals surface area contributed by atoms with Crippen molar-refractivity contribution in [1.29, 1.82) is 5.41 Å². The van der Waals surface area contributed by atoms with Crippen LogP contribution in [-0.2, 0) is 0 Å². The number of halogens is 2. The molecule has 0 saturated carbocycles. The third-order valence-electron chi connectivity index (χ3n) is 5.88. The Bertz CT molecular complexity index is 1760. The van der Waals surface area contributed by atoms with Gasteiger partial charge in [0.25, 0.3) is 0 Å². The van der Waals surface area contributed by atoms with Gasteiger partial charge in [-0.05, 0) is 36.8 Å². The largest absolute Gasteiger partial charge is 0.458 e. The van der Waals surface area contributed by atoms with Crippen molar-refractivity contribution in [3.63, 3.8) is 0 Å². The summed E-state index contributed by atoms with van der Waals surface area (Å²) in [6.45, 7) is 1.69. The van der Waals surface area contributed by atoms with Gasteiger partial charge in [0.1, 0.15) is 52.2 Å². The minimum Gasteiger partial charge on any atom is -0.458 e. The van der Waals surface area contributed by atoms with Crippen molar-refractivity contribution < 1.29 is 13.2 Å². The molecule has 5 rings (SSSR count). The van der Waals surface area contributed by atoms with E-state index < -0.39 is 23.1 Å². The highest BCUT2D eigenvalue weighted by Gasteiger charge is 2.28. The van der Waals surface area contributed by atoms with E-state index >= 15 is 0 Å². The number of hydrogen-bond acceptors (Lipinski definition) is 8. The number of benzene rings is 2. The molecule has 2 aromatic carbocycles. The van der Waals surface area contributed by atoms with Crippen LogP contribution >= 0.6 is 0 Å². The molecule has 180 valence electrons. The van der Waals surface area contributed by atoms with Gasteiger partial charge in [-0.1, -0.05) is 18.2 Å². The van der Waals surface area contributed by atoms with Gasteiger partial charge in [0, 0.05) is 18.0 Å². The molecule has 0 aliphatic heterocycles. The summed E-state index contributed by atoms with van der Waals surface area (Å²) in [5.41, 5.74) is 12.2. The number of fused-ring (bicyclic) bond motifs is 2. The maximum atomic E-state index is 14.7. The lowest BCUT2D eigenvalue weighted by atomic mass is 9.99. The van der Waals surface area contributed by atoms with Crippen LogP contribution in [-0.4, -0.2) is 26.0 Å². The molecule has 3 heterocycles. The average molecular weight is 487 g/mol. The highest BCUT2D eigenvalue weighted by molar-refractivity contribution is 6.13. The second-order valence-corrected chi connectivity index (χ2v) is 7.99. The standard InChI is InChI=1S/C25H19F2N7O2/c1-12(34-25-20(24(30)31-11-32-25)21(33-34)14(9-28)10-29)23-18(13-4-2-5-15(26)8-13)22(35)19-16(27)6-3-7-17(19)36-23/h2-12,28H,29H2,1H3,(H2,30,31,32)/b14-10+,28-9?. The normalized spacial score (nSPS) is 12.8. The molecule has 5 N–H and O–H groups in total. The topological polar surface area (TPSA) is 150 Å². The third-order valence-corrected chi connectivity index (χ3v) is 5.88. The van der Waals surface area contributed by atoms with E-state index in [4.69, 9.17) is 21.3 Å². The van der Waals surface area contributed by atoms with E-state index in [1.807, 2.05) is 0 Å². The molecule has 3 aromatic heterocycles. The average Bonchev–Trinajstić information content (AvgIpc) is 3.25. The van der Waals surface area contributed by atoms with Crippen LogP contribution in [0.2, 0.25) is 0 Å². The number of rotatable bonds is 5. The summed E-state index contributed by atoms with van der Waals surface area (Å²) in [5, 5.41) is 12.4. The van der Waals surface area contributed by atoms with Gasteiger partial charge < -0.3 is 21.3 Å². The van der Waals surface area contributed by atoms with Gasteiger partial charge >= 0.3 is 0 Å². The van der Waals surface area contributed by atoms with E-state index in [-0.39, 0.29) is 44.9 Å². The number of hydrogen-bond donors (Lipinski definition) is 3. The molecule has 0 aliphatic carbocycles. The summed E-state index contributed by atoms with van der Waals surface area (Å²) in [6, 6.07) is 8.64. The van der Waals surface area contributed by atoms with Crippen LogP contribution in [0, 0.1) is 17.0 Å². The molecule has 11 heteroatoms. The zero-order valence-electron chi connectivity index (χ0n) is 18.9. The van der Waals surface area contributed by atoms with E-state index in [0.717, 1.165) is 12.3 Å². The monoisotopic (exact) mass is 487 g/mol. The molecule has 0 aliphatic rings. The highest BCUT2D eigenvalue weighted by Crippen LogP contribution is 2.35. The van der Waals surface area contributed by atoms with Crippen LogP contribution in [0.1, 0.15) is 24.4 Å². The minimum atomic E-state index is -0.807. The van der Waals surface area contributed by atoms with E-state index in [2.05, 4.69) is 15.1 Å². The van der Waals surface area contributed by atoms with Gasteiger partial charge in [0.2, 0.25) is 5.43 Å². The fraction of sp³-hybridized carbons (Fsp3) is 0.0800. The highest BCUT2D eigenvalue weighted by atomic mass is 19.1. The summed E-state index contributed by atoms with van der Waals surface area (Å²) in [7, 11) is 0. The molecule has 0 spiro atoms. The molecule has 1 unspecified atom stereocenters. The predicted molar refractivity (Wildman–Crippen MR) is 132 cm³/mol. The van der Waals surface area contributed by atoms with E-state index in [0.29, 0.717) is 11.0 Å². The van der Waals surface area contributed by atoms with Gasteiger partial charge in [-0.3, -0.25) is 4.79 Å². The Morgan fingerprint density at radius 3 is 2.67 bits per heavy atom. The van der Waals surface area contributed by atoms with Gasteiger partial charge in [-0.25, -0.2) is 23.4 Å². The molecule has 0 fully saturated rings. The number of nitrogens with two attached hydrogens (primary N) is 2. The molecular formula is C25H19F2N7O2. The van der Waals surface area contributed by atoms with Crippen LogP contribution in [0.25, 0.3) is 38.7 Å². The smallest absolute Gasteiger partial charge is 0.203 e. The lowest BCUT2D eigenvalue weighted by Crippen LogP contribution is -2.17. The summed E-state index contributed by atoms with van der Waals surface area (Å²) >= 11 is 0. The molecule has 5 aromatic rings. The summed E-state index contributed by atoms with van der Waals surface area (Å²) in [4.78, 5) is 21.9. The van der Waals surface area contributed by atoms with Crippen LogP contribution < -0.4 is 16.9 Å². The Morgan fingerprint density at radius 2 is 1.94 bits per heavy atom. The zero-order valence-corrected chi connectivity index (χ0v) is 18.9. The van der Waals surface area contributed by atoms with Crippen LogP contribution in [0.4, 0.5) is 14.6 Å². The van der Waals surface area contributed by atoms with Crippen molar-refractivity contribution in [3.05, 3.63) is 88.3 Å². The molecule has 0 radical (unpaired) electrons. The molecule has 0 bridgehead atoms. The van der Waals surface area contributed by atoms with Crippen molar-refractivity contribution >= 4 is 39.6 Å². The number of aromatic nitrogens is 4. The van der Waals surface area contributed by atoms with Crippen LogP contribution in [0.5, 0.6) is 0 Å². The van der Waals surface area contributed by atoms with E-state index in [9.17, 15) is 13.6 Å². The van der Waals surface area contributed by atoms with Gasteiger partial charge in [0.15, 0.2) is 5.65 Å². The van der Waals surface area contributed by atoms with E-state index in [1.165, 1.54) is 53.6 Å². The van der Waals surface area contributed by atoms with Gasteiger partial charge in [0.05, 0.1) is 10.9 Å². The zero-order chi connectivity index (χ0) is 25.6. The Morgan fingerprint density at radius 1 is 1.17 bits per heavy atom. The van der Waals surface area contributed by atoms with Gasteiger partial charge in [-0.2, -0.15) is 5.10 Å². The van der Waals surface area contributed by atoms with Crippen molar-refractivity contribution in [3.8, 4) is 11.1 Å². The third kappa shape index (κ3) is 3.49. The Balaban J connectivity index is 1.86. The molecule has 36 heavy (non-hydrogen) atoms. The Labute approximate surface area is 202 Å². The quantitative estimate of drug-likeness (QED) is 0.317. The maximum absolute atomic E-state index is 14.7. The number of nitrogens with zero attached hydrogens (tertiary/aromatic N) is 4. The lowest BCUT2D eigenvalue weighted by molar-refractivity contribution is 0.444. The van der Waals surface area contributed by atoms with Crippen molar-refractivity contribution in [2.45, 2.75) is 13.0 Å². The molecular weight excluding hydrogens is 468 g/mol. The van der Waals surface area contributed by atoms with E-state index in [1.54, 1.807) is 6.92 Å². The summed E-state index contributed by atoms with van der Waals surface area (Å²) in [6.07, 6.45) is 3.47. The number of anilines is 1. The lowest BCUT2D eigenvalue weighted by Gasteiger charge is -2.17. The maximum Gasteiger partial charge on any atom is 0.203 e. The fourth-order valence-corrected chi connectivity index (χ4v) is 4.20. The SMILES string of the molecule is CC(c1oc2cccc(F)c2c(=O)c1-c1cccc(F)c1)n1nc(/C(C=N)=C/N)c2c(N)ncnc21. The second kappa shape index (κ2) is 8.69. The number of allylic oxidation sites excluding steroid dienone is 1. The van der Waals surface area contributed by atoms with Crippen LogP contribution in [0.15, 0.2) is 64.2 Å². The first kappa shape index (κ1) is 22.8. The molecule has 0 saturated heterocycles. The van der Waals surface area contributed by atoms with Gasteiger partial charge in [-0.15, -0.1) is 0 Å². The Kier molecular flexibility index (Phi) is 5.51. The first-order valence-electron chi connectivity index (χ1n) is 10.8. The first-order chi connectivity index (χ1) is 17.3. The predicted octanol–water partition coefficient (Wildman–Crippen LogP) is 4.02. The molecule has 9 nitrogen and oxygen atoms in total. The molecule has 1 atom stereocenters. The fourth-order valence-electron chi connectivity index (χ4n) is 4.20. The summed E-state index contributed by atoms with van der Waals surface area (Å²) in [5.74, 6) is -1.11. The second-order valence-electron chi connectivity index (χ2n) is 7.99. The number of nitrogen functional groups attached to an aromatic ring is 1.